The Morgan fingerprint density at radius 2 is 1.86 bits per heavy atom. The van der Waals surface area contributed by atoms with Crippen molar-refractivity contribution in [3.05, 3.63) is 42.0 Å². The summed E-state index contributed by atoms with van der Waals surface area (Å²) in [6, 6.07) is 9.59. The van der Waals surface area contributed by atoms with E-state index in [0.29, 0.717) is 43.3 Å². The zero-order valence-electron chi connectivity index (χ0n) is 21.8. The molecule has 7 heteroatoms. The summed E-state index contributed by atoms with van der Waals surface area (Å²) in [4.78, 5) is 31.8. The molecule has 1 aliphatic heterocycles. The smallest absolute Gasteiger partial charge is 0.317 e. The monoisotopic (exact) mass is 482 g/mol. The fraction of sp³-hybridized carbons (Fsp3) is 0.643. The highest BCUT2D eigenvalue weighted by Crippen LogP contribution is 2.59. The molecule has 0 aromatic heterocycles. The van der Waals surface area contributed by atoms with E-state index in [-0.39, 0.29) is 24.6 Å². The normalized spacial score (nSPS) is 23.3. The van der Waals surface area contributed by atoms with Gasteiger partial charge in [0.25, 0.3) is 5.91 Å². The van der Waals surface area contributed by atoms with Gasteiger partial charge in [-0.15, -0.1) is 0 Å². The minimum Gasteiger partial charge on any atom is -0.484 e. The highest BCUT2D eigenvalue weighted by Gasteiger charge is 2.51. The van der Waals surface area contributed by atoms with E-state index < -0.39 is 0 Å². The summed E-state index contributed by atoms with van der Waals surface area (Å²) in [6.45, 7) is 14.1. The van der Waals surface area contributed by atoms with Crippen molar-refractivity contribution in [2.45, 2.75) is 46.6 Å². The Morgan fingerprint density at radius 3 is 2.49 bits per heavy atom. The molecule has 3 amide bonds. The van der Waals surface area contributed by atoms with E-state index in [2.05, 4.69) is 30.1 Å². The number of allylic oxidation sites excluding steroid dienone is 1. The van der Waals surface area contributed by atoms with Crippen molar-refractivity contribution in [2.75, 3.05) is 52.4 Å². The molecular weight excluding hydrogens is 440 g/mol. The fourth-order valence-corrected chi connectivity index (χ4v) is 5.70. The van der Waals surface area contributed by atoms with E-state index in [1.54, 1.807) is 0 Å². The number of nitrogens with one attached hydrogen (secondary N) is 1. The van der Waals surface area contributed by atoms with Gasteiger partial charge in [-0.1, -0.05) is 43.7 Å². The molecule has 2 atom stereocenters. The highest BCUT2D eigenvalue weighted by atomic mass is 16.5. The molecule has 7 nitrogen and oxygen atoms in total. The number of benzene rings is 1. The summed E-state index contributed by atoms with van der Waals surface area (Å²) in [5.74, 6) is 2.14. The maximum Gasteiger partial charge on any atom is 0.317 e. The first-order valence-electron chi connectivity index (χ1n) is 13.2. The number of ether oxygens (including phenoxy) is 1. The van der Waals surface area contributed by atoms with Crippen LogP contribution in [0.2, 0.25) is 0 Å². The van der Waals surface area contributed by atoms with Gasteiger partial charge in [0.15, 0.2) is 6.61 Å². The topological polar surface area (TPSA) is 65.1 Å². The highest BCUT2D eigenvalue weighted by molar-refractivity contribution is 5.78. The number of rotatable bonds is 9. The van der Waals surface area contributed by atoms with Crippen molar-refractivity contribution in [1.29, 1.82) is 0 Å². The van der Waals surface area contributed by atoms with Gasteiger partial charge in [0.2, 0.25) is 0 Å². The third-order valence-electron chi connectivity index (χ3n) is 8.17. The van der Waals surface area contributed by atoms with Crippen molar-refractivity contribution in [1.82, 2.24) is 20.0 Å². The van der Waals surface area contributed by atoms with E-state index in [9.17, 15) is 9.59 Å². The van der Waals surface area contributed by atoms with Crippen LogP contribution in [0.1, 0.15) is 40.5 Å². The first kappa shape index (κ1) is 25.5. The van der Waals surface area contributed by atoms with E-state index in [0.717, 1.165) is 32.0 Å². The van der Waals surface area contributed by atoms with Crippen LogP contribution < -0.4 is 10.1 Å². The molecule has 1 aromatic carbocycles. The zero-order chi connectivity index (χ0) is 25.0. The van der Waals surface area contributed by atoms with Crippen LogP contribution in [0.5, 0.6) is 5.75 Å². The molecule has 3 aliphatic carbocycles. The molecule has 1 heterocycles. The van der Waals surface area contributed by atoms with Crippen LogP contribution in [-0.4, -0.2) is 85.1 Å². The second kappa shape index (κ2) is 11.0. The molecule has 1 aromatic rings. The number of urea groups is 1. The van der Waals surface area contributed by atoms with Gasteiger partial charge in [-0.25, -0.2) is 4.79 Å². The summed E-state index contributed by atoms with van der Waals surface area (Å²) in [7, 11) is 0. The van der Waals surface area contributed by atoms with Gasteiger partial charge in [0.1, 0.15) is 5.75 Å². The maximum absolute atomic E-state index is 13.0. The van der Waals surface area contributed by atoms with Gasteiger partial charge in [0.05, 0.1) is 0 Å². The molecule has 5 rings (SSSR count). The number of carbonyl (C=O) groups is 2. The Balaban J connectivity index is 1.25. The average Bonchev–Trinajstić information content (AvgIpc) is 2.85. The van der Waals surface area contributed by atoms with Crippen LogP contribution in [0, 0.1) is 17.3 Å². The van der Waals surface area contributed by atoms with Gasteiger partial charge in [-0.05, 0) is 56.1 Å². The van der Waals surface area contributed by atoms with Crippen LogP contribution in [0.25, 0.3) is 0 Å². The molecule has 2 fully saturated rings. The standard InChI is InChI=1S/C28H42N4O3/c1-21(2)29-27(34)32(19-22-10-11-23-18-25(22)28(23,3)4)17-14-30-12-15-31(16-13-30)26(33)20-35-24-8-6-5-7-9-24/h5-10,21,23,25H,11-20H2,1-4H3,(H,29,34). The van der Waals surface area contributed by atoms with Crippen molar-refractivity contribution < 1.29 is 14.3 Å². The average molecular weight is 483 g/mol. The molecule has 1 N–H and O–H groups in total. The number of hydrogen-bond acceptors (Lipinski definition) is 4. The fourth-order valence-electron chi connectivity index (χ4n) is 5.70. The number of carbonyl (C=O) groups excluding carboxylic acids is 2. The van der Waals surface area contributed by atoms with Crippen LogP contribution in [0.15, 0.2) is 42.0 Å². The number of nitrogens with zero attached hydrogens (tertiary/aromatic N) is 3. The minimum atomic E-state index is 0.0204. The van der Waals surface area contributed by atoms with Crippen LogP contribution in [0.4, 0.5) is 4.79 Å². The number of fused-ring (bicyclic) bond motifs is 1. The predicted molar refractivity (Wildman–Crippen MR) is 138 cm³/mol. The summed E-state index contributed by atoms with van der Waals surface area (Å²) < 4.78 is 5.62. The van der Waals surface area contributed by atoms with Gasteiger partial charge < -0.3 is 19.9 Å². The number of amides is 3. The maximum atomic E-state index is 13.0. The van der Waals surface area contributed by atoms with Gasteiger partial charge >= 0.3 is 6.03 Å². The van der Waals surface area contributed by atoms with E-state index in [1.807, 2.05) is 54.0 Å². The SMILES string of the molecule is CC(C)NC(=O)N(CCN1CCN(C(=O)COc2ccccc2)CC1)CC1=CCC2CC1C2(C)C. The zero-order valence-corrected chi connectivity index (χ0v) is 21.8. The van der Waals surface area contributed by atoms with E-state index >= 15 is 0 Å². The molecule has 0 radical (unpaired) electrons. The van der Waals surface area contributed by atoms with Crippen LogP contribution in [-0.2, 0) is 4.79 Å². The van der Waals surface area contributed by atoms with Crippen LogP contribution >= 0.6 is 0 Å². The van der Waals surface area contributed by atoms with E-state index in [4.69, 9.17) is 4.74 Å². The summed E-state index contributed by atoms with van der Waals surface area (Å²) in [5.41, 5.74) is 1.79. The van der Waals surface area contributed by atoms with Gasteiger partial charge in [-0.3, -0.25) is 9.69 Å². The second-order valence-corrected chi connectivity index (χ2v) is 11.2. The molecule has 0 spiro atoms. The lowest BCUT2D eigenvalue weighted by molar-refractivity contribution is -0.135. The molecule has 1 saturated heterocycles. The lowest BCUT2D eigenvalue weighted by Crippen LogP contribution is -2.54. The van der Waals surface area contributed by atoms with Gasteiger partial charge in [0, 0.05) is 51.9 Å². The molecule has 192 valence electrons. The largest absolute Gasteiger partial charge is 0.484 e. The summed E-state index contributed by atoms with van der Waals surface area (Å²) in [6.07, 6.45) is 4.80. The first-order chi connectivity index (χ1) is 16.7. The Morgan fingerprint density at radius 1 is 1.14 bits per heavy atom. The van der Waals surface area contributed by atoms with Gasteiger partial charge in [-0.2, -0.15) is 0 Å². The minimum absolute atomic E-state index is 0.0204. The summed E-state index contributed by atoms with van der Waals surface area (Å²) >= 11 is 0. The lowest BCUT2D eigenvalue weighted by Gasteiger charge is -2.57. The van der Waals surface area contributed by atoms with E-state index in [1.165, 1.54) is 12.0 Å². The Bertz CT molecular complexity index is 906. The third-order valence-corrected chi connectivity index (χ3v) is 8.17. The number of para-hydroxylation sites is 1. The lowest BCUT2D eigenvalue weighted by atomic mass is 9.49. The molecule has 1 saturated carbocycles. The molecule has 2 unspecified atom stereocenters. The Labute approximate surface area is 210 Å². The Hall–Kier alpha value is -2.54. The molecule has 4 aliphatic rings. The summed E-state index contributed by atoms with van der Waals surface area (Å²) in [5, 5.41) is 3.09. The number of hydrogen-bond donors (Lipinski definition) is 1. The van der Waals surface area contributed by atoms with Crippen LogP contribution in [0.3, 0.4) is 0 Å². The molecular formula is C28H42N4O3. The molecule has 2 bridgehead atoms. The molecule has 35 heavy (non-hydrogen) atoms. The van der Waals surface area contributed by atoms with Crippen molar-refractivity contribution >= 4 is 11.9 Å². The number of piperazine rings is 1. The van der Waals surface area contributed by atoms with Crippen molar-refractivity contribution in [3.63, 3.8) is 0 Å². The van der Waals surface area contributed by atoms with Crippen molar-refractivity contribution in [3.8, 4) is 5.75 Å². The Kier molecular flexibility index (Phi) is 8.05. The quantitative estimate of drug-likeness (QED) is 0.546. The van der Waals surface area contributed by atoms with Crippen molar-refractivity contribution in [2.24, 2.45) is 17.3 Å². The third kappa shape index (κ3) is 6.18. The second-order valence-electron chi connectivity index (χ2n) is 11.2. The predicted octanol–water partition coefficient (Wildman–Crippen LogP) is 3.62. The first-order valence-corrected chi connectivity index (χ1v) is 13.2.